The maximum absolute atomic E-state index is 6.15. The zero-order chi connectivity index (χ0) is 12.3. The van der Waals surface area contributed by atoms with E-state index in [-0.39, 0.29) is 6.04 Å². The number of pyridine rings is 1. The van der Waals surface area contributed by atoms with Gasteiger partial charge in [-0.3, -0.25) is 9.67 Å². The van der Waals surface area contributed by atoms with Crippen LogP contribution in [0.1, 0.15) is 17.0 Å². The van der Waals surface area contributed by atoms with Crippen molar-refractivity contribution in [1.29, 1.82) is 0 Å². The second-order valence-electron chi connectivity index (χ2n) is 4.43. The van der Waals surface area contributed by atoms with Gasteiger partial charge in [0, 0.05) is 37.6 Å². The molecule has 0 aliphatic heterocycles. The smallest absolute Gasteiger partial charge is 0.0596 e. The highest BCUT2D eigenvalue weighted by Gasteiger charge is 2.09. The minimum absolute atomic E-state index is 0.106. The van der Waals surface area contributed by atoms with Crippen LogP contribution in [0.2, 0.25) is 0 Å². The summed E-state index contributed by atoms with van der Waals surface area (Å²) >= 11 is 0. The molecule has 4 heteroatoms. The molecule has 0 saturated carbocycles. The minimum atomic E-state index is 0.106. The van der Waals surface area contributed by atoms with Gasteiger partial charge in [-0.2, -0.15) is 5.10 Å². The SMILES string of the molecule is Cc1cc(CC(N)Cc2cccnc2)n(C)n1. The molecule has 1 atom stereocenters. The molecule has 0 aromatic carbocycles. The Hall–Kier alpha value is -1.68. The largest absolute Gasteiger partial charge is 0.327 e. The molecule has 2 rings (SSSR count). The predicted molar refractivity (Wildman–Crippen MR) is 67.6 cm³/mol. The van der Waals surface area contributed by atoms with Gasteiger partial charge in [0.15, 0.2) is 0 Å². The van der Waals surface area contributed by atoms with Crippen LogP contribution in [0.4, 0.5) is 0 Å². The van der Waals surface area contributed by atoms with Crippen molar-refractivity contribution in [3.8, 4) is 0 Å². The molecule has 0 bridgehead atoms. The molecule has 1 unspecified atom stereocenters. The maximum Gasteiger partial charge on any atom is 0.0596 e. The molecule has 0 spiro atoms. The van der Waals surface area contributed by atoms with Crippen molar-refractivity contribution in [1.82, 2.24) is 14.8 Å². The highest BCUT2D eigenvalue weighted by molar-refractivity contribution is 5.13. The van der Waals surface area contributed by atoms with E-state index in [2.05, 4.69) is 22.2 Å². The summed E-state index contributed by atoms with van der Waals surface area (Å²) in [5.41, 5.74) is 9.54. The predicted octanol–water partition coefficient (Wildman–Crippen LogP) is 1.24. The summed E-state index contributed by atoms with van der Waals surface area (Å²) in [5.74, 6) is 0. The first-order chi connectivity index (χ1) is 8.15. The Balaban J connectivity index is 1.98. The van der Waals surface area contributed by atoms with Crippen LogP contribution in [-0.4, -0.2) is 20.8 Å². The number of nitrogens with zero attached hydrogens (tertiary/aromatic N) is 3. The molecule has 0 radical (unpaired) electrons. The van der Waals surface area contributed by atoms with Gasteiger partial charge in [0.1, 0.15) is 0 Å². The summed E-state index contributed by atoms with van der Waals surface area (Å²) < 4.78 is 1.90. The first kappa shape index (κ1) is 11.8. The van der Waals surface area contributed by atoms with Gasteiger partial charge in [-0.1, -0.05) is 6.07 Å². The standard InChI is InChI=1S/C13H18N4/c1-10-6-13(17(2)16-10)8-12(14)7-11-4-3-5-15-9-11/h3-6,9,12H,7-8,14H2,1-2H3. The first-order valence-electron chi connectivity index (χ1n) is 5.79. The first-order valence-corrected chi connectivity index (χ1v) is 5.79. The zero-order valence-corrected chi connectivity index (χ0v) is 10.3. The van der Waals surface area contributed by atoms with Crippen molar-refractivity contribution in [2.45, 2.75) is 25.8 Å². The van der Waals surface area contributed by atoms with Crippen LogP contribution < -0.4 is 5.73 Å². The average molecular weight is 230 g/mol. The van der Waals surface area contributed by atoms with Crippen LogP contribution in [0.3, 0.4) is 0 Å². The second kappa shape index (κ2) is 5.10. The number of nitrogens with two attached hydrogens (primary N) is 1. The number of hydrogen-bond donors (Lipinski definition) is 1. The summed E-state index contributed by atoms with van der Waals surface area (Å²) in [5, 5.41) is 4.32. The Morgan fingerprint density at radius 3 is 2.82 bits per heavy atom. The van der Waals surface area contributed by atoms with Gasteiger partial charge in [-0.05, 0) is 31.0 Å². The van der Waals surface area contributed by atoms with E-state index < -0.39 is 0 Å². The topological polar surface area (TPSA) is 56.7 Å². The average Bonchev–Trinajstić information content (AvgIpc) is 2.58. The Bertz CT molecular complexity index is 475. The van der Waals surface area contributed by atoms with Crippen LogP contribution in [0, 0.1) is 6.92 Å². The van der Waals surface area contributed by atoms with E-state index in [1.165, 1.54) is 11.3 Å². The molecule has 2 heterocycles. The molecule has 0 amide bonds. The van der Waals surface area contributed by atoms with Crippen molar-refractivity contribution >= 4 is 0 Å². The molecule has 17 heavy (non-hydrogen) atoms. The van der Waals surface area contributed by atoms with Gasteiger partial charge in [0.25, 0.3) is 0 Å². The van der Waals surface area contributed by atoms with E-state index in [4.69, 9.17) is 5.73 Å². The Labute approximate surface area is 101 Å². The Morgan fingerprint density at radius 2 is 2.24 bits per heavy atom. The van der Waals surface area contributed by atoms with Crippen molar-refractivity contribution in [3.63, 3.8) is 0 Å². The molecule has 0 aliphatic rings. The highest BCUT2D eigenvalue weighted by atomic mass is 15.3. The molecule has 2 N–H and O–H groups in total. The summed E-state index contributed by atoms with van der Waals surface area (Å²) in [6.07, 6.45) is 5.33. The lowest BCUT2D eigenvalue weighted by Gasteiger charge is -2.11. The third kappa shape index (κ3) is 3.14. The van der Waals surface area contributed by atoms with Crippen LogP contribution >= 0.6 is 0 Å². The molecule has 4 nitrogen and oxygen atoms in total. The van der Waals surface area contributed by atoms with Gasteiger partial charge in [0.05, 0.1) is 5.69 Å². The quantitative estimate of drug-likeness (QED) is 0.859. The van der Waals surface area contributed by atoms with Crippen molar-refractivity contribution in [3.05, 3.63) is 47.5 Å². The molecular formula is C13H18N4. The molecule has 0 aliphatic carbocycles. The van der Waals surface area contributed by atoms with Gasteiger partial charge in [-0.15, -0.1) is 0 Å². The van der Waals surface area contributed by atoms with Crippen LogP contribution in [0.5, 0.6) is 0 Å². The fourth-order valence-electron chi connectivity index (χ4n) is 2.02. The second-order valence-corrected chi connectivity index (χ2v) is 4.43. The molecular weight excluding hydrogens is 212 g/mol. The van der Waals surface area contributed by atoms with Crippen LogP contribution in [0.25, 0.3) is 0 Å². The summed E-state index contributed by atoms with van der Waals surface area (Å²) in [7, 11) is 1.96. The molecule has 0 saturated heterocycles. The highest BCUT2D eigenvalue weighted by Crippen LogP contribution is 2.08. The van der Waals surface area contributed by atoms with E-state index in [1.54, 1.807) is 6.20 Å². The number of aryl methyl sites for hydroxylation is 2. The van der Waals surface area contributed by atoms with E-state index in [0.29, 0.717) is 0 Å². The van der Waals surface area contributed by atoms with Crippen LogP contribution in [0.15, 0.2) is 30.6 Å². The Kier molecular flexibility index (Phi) is 3.54. The molecule has 2 aromatic heterocycles. The Morgan fingerprint density at radius 1 is 1.41 bits per heavy atom. The lowest BCUT2D eigenvalue weighted by Crippen LogP contribution is -2.26. The number of rotatable bonds is 4. The van der Waals surface area contributed by atoms with Gasteiger partial charge < -0.3 is 5.73 Å². The summed E-state index contributed by atoms with van der Waals surface area (Å²) in [6, 6.07) is 6.19. The van der Waals surface area contributed by atoms with E-state index in [1.807, 2.05) is 30.9 Å². The van der Waals surface area contributed by atoms with Gasteiger partial charge >= 0.3 is 0 Å². The lowest BCUT2D eigenvalue weighted by molar-refractivity contribution is 0.612. The van der Waals surface area contributed by atoms with Crippen molar-refractivity contribution in [2.24, 2.45) is 12.8 Å². The van der Waals surface area contributed by atoms with Crippen molar-refractivity contribution in [2.75, 3.05) is 0 Å². The zero-order valence-electron chi connectivity index (χ0n) is 10.3. The third-order valence-electron chi connectivity index (χ3n) is 2.79. The van der Waals surface area contributed by atoms with Crippen LogP contribution in [-0.2, 0) is 19.9 Å². The van der Waals surface area contributed by atoms with E-state index in [0.717, 1.165) is 18.5 Å². The molecule has 2 aromatic rings. The third-order valence-corrected chi connectivity index (χ3v) is 2.79. The monoisotopic (exact) mass is 230 g/mol. The normalized spacial score (nSPS) is 12.6. The maximum atomic E-state index is 6.15. The summed E-state index contributed by atoms with van der Waals surface area (Å²) in [4.78, 5) is 4.09. The fraction of sp³-hybridized carbons (Fsp3) is 0.385. The van der Waals surface area contributed by atoms with E-state index >= 15 is 0 Å². The number of hydrogen-bond acceptors (Lipinski definition) is 3. The summed E-state index contributed by atoms with van der Waals surface area (Å²) in [6.45, 7) is 2.00. The van der Waals surface area contributed by atoms with E-state index in [9.17, 15) is 0 Å². The lowest BCUT2D eigenvalue weighted by atomic mass is 10.0. The molecule has 0 fully saturated rings. The number of aromatic nitrogens is 3. The fourth-order valence-corrected chi connectivity index (χ4v) is 2.02. The molecule has 90 valence electrons. The van der Waals surface area contributed by atoms with Gasteiger partial charge in [0.2, 0.25) is 0 Å². The van der Waals surface area contributed by atoms with Crippen molar-refractivity contribution < 1.29 is 0 Å². The van der Waals surface area contributed by atoms with Gasteiger partial charge in [-0.25, -0.2) is 0 Å². The minimum Gasteiger partial charge on any atom is -0.327 e.